The first-order valence-corrected chi connectivity index (χ1v) is 7.73. The van der Waals surface area contributed by atoms with Gasteiger partial charge in [-0.15, -0.1) is 0 Å². The van der Waals surface area contributed by atoms with E-state index in [1.54, 1.807) is 0 Å². The van der Waals surface area contributed by atoms with Crippen molar-refractivity contribution < 1.29 is 4.74 Å². The third kappa shape index (κ3) is 3.39. The molecule has 2 unspecified atom stereocenters. The monoisotopic (exact) mass is 286 g/mol. The molecule has 1 aromatic rings. The van der Waals surface area contributed by atoms with Crippen LogP contribution in [0.2, 0.25) is 0 Å². The lowest BCUT2D eigenvalue weighted by molar-refractivity contribution is -0.108. The molecule has 3 heteroatoms. The second kappa shape index (κ2) is 6.07. The molecule has 0 spiro atoms. The molecule has 1 saturated carbocycles. The molecule has 2 atom stereocenters. The third-order valence-electron chi connectivity index (χ3n) is 4.50. The second-order valence-electron chi connectivity index (χ2n) is 7.11. The lowest BCUT2D eigenvalue weighted by Crippen LogP contribution is -2.58. The minimum Gasteiger partial charge on any atom is -0.381 e. The number of nitriles is 1. The maximum absolute atomic E-state index is 9.03. The fourth-order valence-corrected chi connectivity index (χ4v) is 2.76. The van der Waals surface area contributed by atoms with Crippen LogP contribution in [0.1, 0.15) is 45.2 Å². The van der Waals surface area contributed by atoms with Gasteiger partial charge in [0.15, 0.2) is 0 Å². The summed E-state index contributed by atoms with van der Waals surface area (Å²) < 4.78 is 6.01. The van der Waals surface area contributed by atoms with Crippen LogP contribution >= 0.6 is 0 Å². The topological polar surface area (TPSA) is 45.0 Å². The van der Waals surface area contributed by atoms with Crippen LogP contribution in [0.4, 0.5) is 5.69 Å². The summed E-state index contributed by atoms with van der Waals surface area (Å²) in [5.74, 6) is 0.572. The molecule has 0 heterocycles. The Morgan fingerprint density at radius 3 is 2.71 bits per heavy atom. The average molecular weight is 286 g/mol. The van der Waals surface area contributed by atoms with Crippen LogP contribution in [0.5, 0.6) is 0 Å². The summed E-state index contributed by atoms with van der Waals surface area (Å²) in [7, 11) is 0. The molecule has 0 bridgehead atoms. The normalized spacial score (nSPS) is 23.5. The van der Waals surface area contributed by atoms with Gasteiger partial charge in [-0.2, -0.15) is 5.26 Å². The highest BCUT2D eigenvalue weighted by atomic mass is 16.5. The van der Waals surface area contributed by atoms with Crippen molar-refractivity contribution in [1.29, 1.82) is 5.26 Å². The van der Waals surface area contributed by atoms with Gasteiger partial charge in [-0.25, -0.2) is 0 Å². The van der Waals surface area contributed by atoms with Crippen molar-refractivity contribution in [3.63, 3.8) is 0 Å². The van der Waals surface area contributed by atoms with E-state index in [0.717, 1.165) is 18.7 Å². The number of aryl methyl sites for hydroxylation is 1. The van der Waals surface area contributed by atoms with E-state index in [9.17, 15) is 0 Å². The minimum absolute atomic E-state index is 0.115. The van der Waals surface area contributed by atoms with Gasteiger partial charge in [-0.05, 0) is 37.0 Å². The Morgan fingerprint density at radius 1 is 1.43 bits per heavy atom. The highest BCUT2D eigenvalue weighted by Gasteiger charge is 2.49. The van der Waals surface area contributed by atoms with Crippen LogP contribution in [0.3, 0.4) is 0 Å². The van der Waals surface area contributed by atoms with Crippen LogP contribution in [0.25, 0.3) is 0 Å². The molecular formula is C18H26N2O. The lowest BCUT2D eigenvalue weighted by atomic mass is 9.64. The van der Waals surface area contributed by atoms with Crippen molar-refractivity contribution in [3.8, 4) is 6.07 Å². The summed E-state index contributed by atoms with van der Waals surface area (Å²) in [6.45, 7) is 11.8. The molecular weight excluding hydrogens is 260 g/mol. The zero-order valence-corrected chi connectivity index (χ0v) is 13.7. The largest absolute Gasteiger partial charge is 0.381 e. The smallest absolute Gasteiger partial charge is 0.0992 e. The van der Waals surface area contributed by atoms with E-state index in [-0.39, 0.29) is 5.41 Å². The van der Waals surface area contributed by atoms with E-state index in [4.69, 9.17) is 10.00 Å². The summed E-state index contributed by atoms with van der Waals surface area (Å²) in [4.78, 5) is 0. The van der Waals surface area contributed by atoms with Crippen molar-refractivity contribution in [1.82, 2.24) is 0 Å². The molecule has 3 nitrogen and oxygen atoms in total. The maximum atomic E-state index is 9.03. The van der Waals surface area contributed by atoms with Gasteiger partial charge in [0, 0.05) is 23.8 Å². The first kappa shape index (κ1) is 15.9. The van der Waals surface area contributed by atoms with Crippen molar-refractivity contribution >= 4 is 5.69 Å². The van der Waals surface area contributed by atoms with Crippen LogP contribution in [-0.2, 0) is 4.74 Å². The zero-order chi connectivity index (χ0) is 15.6. The molecule has 114 valence electrons. The molecule has 0 radical (unpaired) electrons. The first-order chi connectivity index (χ1) is 9.84. The Bertz CT molecular complexity index is 543. The number of hydrogen-bond donors (Lipinski definition) is 1. The van der Waals surface area contributed by atoms with Crippen molar-refractivity contribution in [3.05, 3.63) is 29.3 Å². The molecule has 2 rings (SSSR count). The highest BCUT2D eigenvalue weighted by molar-refractivity contribution is 5.56. The summed E-state index contributed by atoms with van der Waals surface area (Å²) in [6, 6.07) is 8.39. The quantitative estimate of drug-likeness (QED) is 0.885. The predicted octanol–water partition coefficient (Wildman–Crippen LogP) is 4.12. The van der Waals surface area contributed by atoms with E-state index >= 15 is 0 Å². The Hall–Kier alpha value is -1.53. The van der Waals surface area contributed by atoms with Gasteiger partial charge in [0.25, 0.3) is 0 Å². The van der Waals surface area contributed by atoms with Gasteiger partial charge in [-0.1, -0.05) is 33.8 Å². The van der Waals surface area contributed by atoms with Gasteiger partial charge < -0.3 is 10.1 Å². The number of benzene rings is 1. The molecule has 1 aliphatic rings. The minimum atomic E-state index is 0.115. The fourth-order valence-electron chi connectivity index (χ4n) is 2.76. The van der Waals surface area contributed by atoms with Crippen molar-refractivity contribution in [2.75, 3.05) is 11.9 Å². The number of nitrogens with one attached hydrogen (secondary N) is 1. The van der Waals surface area contributed by atoms with E-state index in [0.29, 0.717) is 23.6 Å². The van der Waals surface area contributed by atoms with Gasteiger partial charge in [0.05, 0.1) is 17.7 Å². The number of hydrogen-bond acceptors (Lipinski definition) is 3. The molecule has 1 aromatic carbocycles. The molecule has 21 heavy (non-hydrogen) atoms. The molecule has 0 saturated heterocycles. The number of anilines is 1. The lowest BCUT2D eigenvalue weighted by Gasteiger charge is -2.52. The molecule has 1 aliphatic carbocycles. The van der Waals surface area contributed by atoms with E-state index in [1.807, 2.05) is 18.2 Å². The Labute approximate surface area is 128 Å². The highest BCUT2D eigenvalue weighted by Crippen LogP contribution is 2.44. The van der Waals surface area contributed by atoms with E-state index in [2.05, 4.69) is 46.0 Å². The maximum Gasteiger partial charge on any atom is 0.0992 e. The van der Waals surface area contributed by atoms with Crippen molar-refractivity contribution in [2.45, 2.75) is 53.2 Å². The van der Waals surface area contributed by atoms with Gasteiger partial charge in [0.1, 0.15) is 0 Å². The standard InChI is InChI=1S/C18H26N2O/c1-12(2)11-21-17-9-16(18(17,4)5)20-15-8-14(10-19)7-6-13(15)3/h6-8,12,16-17,20H,9,11H2,1-5H3. The van der Waals surface area contributed by atoms with E-state index < -0.39 is 0 Å². The van der Waals surface area contributed by atoms with Gasteiger partial charge in [0.2, 0.25) is 0 Å². The molecule has 0 aliphatic heterocycles. The Balaban J connectivity index is 2.01. The summed E-state index contributed by atoms with van der Waals surface area (Å²) in [5.41, 5.74) is 3.06. The number of rotatable bonds is 5. The summed E-state index contributed by atoms with van der Waals surface area (Å²) >= 11 is 0. The van der Waals surface area contributed by atoms with Gasteiger partial charge >= 0.3 is 0 Å². The van der Waals surface area contributed by atoms with Crippen LogP contribution < -0.4 is 5.32 Å². The molecule has 1 fully saturated rings. The van der Waals surface area contributed by atoms with Crippen LogP contribution in [-0.4, -0.2) is 18.8 Å². The Morgan fingerprint density at radius 2 is 2.14 bits per heavy atom. The number of nitrogens with zero attached hydrogens (tertiary/aromatic N) is 1. The van der Waals surface area contributed by atoms with Crippen LogP contribution in [0, 0.1) is 29.6 Å². The molecule has 1 N–H and O–H groups in total. The van der Waals surface area contributed by atoms with Crippen LogP contribution in [0.15, 0.2) is 18.2 Å². The second-order valence-corrected chi connectivity index (χ2v) is 7.11. The average Bonchev–Trinajstić information content (AvgIpc) is 2.43. The first-order valence-electron chi connectivity index (χ1n) is 7.73. The van der Waals surface area contributed by atoms with Crippen molar-refractivity contribution in [2.24, 2.45) is 11.3 Å². The molecule has 0 amide bonds. The third-order valence-corrected chi connectivity index (χ3v) is 4.50. The van der Waals surface area contributed by atoms with Gasteiger partial charge in [-0.3, -0.25) is 0 Å². The predicted molar refractivity (Wildman–Crippen MR) is 86.3 cm³/mol. The summed E-state index contributed by atoms with van der Waals surface area (Å²) in [6.07, 6.45) is 1.34. The zero-order valence-electron chi connectivity index (χ0n) is 13.7. The SMILES string of the molecule is Cc1ccc(C#N)cc1NC1CC(OCC(C)C)C1(C)C. The fraction of sp³-hybridized carbons (Fsp3) is 0.611. The summed E-state index contributed by atoms with van der Waals surface area (Å²) in [5, 5.41) is 12.6. The number of ether oxygens (including phenoxy) is 1. The van der Waals surface area contributed by atoms with E-state index in [1.165, 1.54) is 5.56 Å². The Kier molecular flexibility index (Phi) is 4.58. The molecule has 0 aromatic heterocycles.